The second-order valence-corrected chi connectivity index (χ2v) is 7.67. The molecule has 1 aromatic rings. The molecular formula is C19H28O4. The molecule has 0 aromatic heterocycles. The molecule has 0 heterocycles. The van der Waals surface area contributed by atoms with E-state index in [4.69, 9.17) is 9.47 Å². The number of aromatic hydroxyl groups is 1. The van der Waals surface area contributed by atoms with Crippen LogP contribution in [-0.4, -0.2) is 17.7 Å². The first-order valence-corrected chi connectivity index (χ1v) is 7.72. The summed E-state index contributed by atoms with van der Waals surface area (Å²) in [6.07, 6.45) is 1.61. The summed E-state index contributed by atoms with van der Waals surface area (Å²) in [5.41, 5.74) is 0.750. The number of hydrogen-bond acceptors (Lipinski definition) is 4. The minimum atomic E-state index is -0.402. The predicted molar refractivity (Wildman–Crippen MR) is 92.5 cm³/mol. The quantitative estimate of drug-likeness (QED) is 0.505. The molecule has 0 atom stereocenters. The summed E-state index contributed by atoms with van der Waals surface area (Å²) in [5, 5.41) is 10.5. The third kappa shape index (κ3) is 4.50. The highest BCUT2D eigenvalue weighted by atomic mass is 16.5. The first-order chi connectivity index (χ1) is 10.4. The van der Waals surface area contributed by atoms with Crippen LogP contribution < -0.4 is 9.47 Å². The zero-order chi connectivity index (χ0) is 18.0. The summed E-state index contributed by atoms with van der Waals surface area (Å²) in [6.45, 7) is 17.2. The topological polar surface area (TPSA) is 55.8 Å². The smallest absolute Gasteiger partial charge is 0.308 e. The molecule has 1 N–H and O–H groups in total. The molecule has 0 bridgehead atoms. The molecule has 0 aliphatic heterocycles. The average molecular weight is 320 g/mol. The number of phenols is 1. The van der Waals surface area contributed by atoms with Gasteiger partial charge in [0.15, 0.2) is 11.5 Å². The van der Waals surface area contributed by atoms with Crippen LogP contribution in [0.3, 0.4) is 0 Å². The summed E-state index contributed by atoms with van der Waals surface area (Å²) in [7, 11) is 0. The Kier molecular flexibility index (Phi) is 5.51. The third-order valence-corrected chi connectivity index (χ3v) is 3.36. The highest BCUT2D eigenvalue weighted by Crippen LogP contribution is 2.49. The molecule has 1 aromatic carbocycles. The van der Waals surface area contributed by atoms with E-state index in [1.165, 1.54) is 6.92 Å². The molecule has 0 fully saturated rings. The molecule has 0 aliphatic carbocycles. The van der Waals surface area contributed by atoms with Gasteiger partial charge in [-0.15, -0.1) is 0 Å². The molecule has 0 radical (unpaired) electrons. The number of hydrogen-bond donors (Lipinski definition) is 1. The fraction of sp³-hybridized carbons (Fsp3) is 0.526. The maximum absolute atomic E-state index is 11.6. The van der Waals surface area contributed by atoms with Crippen molar-refractivity contribution in [3.05, 3.63) is 29.8 Å². The summed E-state index contributed by atoms with van der Waals surface area (Å²) in [4.78, 5) is 11.6. The monoisotopic (exact) mass is 320 g/mol. The normalized spacial score (nSPS) is 12.0. The van der Waals surface area contributed by atoms with Crippen LogP contribution in [0.2, 0.25) is 0 Å². The van der Waals surface area contributed by atoms with Gasteiger partial charge in [0.1, 0.15) is 12.4 Å². The zero-order valence-electron chi connectivity index (χ0n) is 15.2. The van der Waals surface area contributed by atoms with Gasteiger partial charge < -0.3 is 14.6 Å². The van der Waals surface area contributed by atoms with Gasteiger partial charge >= 0.3 is 5.97 Å². The standard InChI is InChI=1S/C19H28O4/c1-9-10-22-17-14(21)11-13(18(3,4)5)16(23-12(2)20)15(17)19(6,7)8/h9,11,21H,1,10H2,2-8H3. The molecule has 0 saturated carbocycles. The van der Waals surface area contributed by atoms with Gasteiger partial charge in [-0.2, -0.15) is 0 Å². The van der Waals surface area contributed by atoms with Crippen molar-refractivity contribution in [2.45, 2.75) is 59.3 Å². The van der Waals surface area contributed by atoms with Crippen LogP contribution in [0, 0.1) is 0 Å². The van der Waals surface area contributed by atoms with Crippen LogP contribution in [0.4, 0.5) is 0 Å². The van der Waals surface area contributed by atoms with E-state index in [9.17, 15) is 9.90 Å². The van der Waals surface area contributed by atoms with Gasteiger partial charge in [0, 0.05) is 18.1 Å². The Morgan fingerprint density at radius 1 is 1.17 bits per heavy atom. The second-order valence-electron chi connectivity index (χ2n) is 7.67. The number of esters is 1. The van der Waals surface area contributed by atoms with Crippen LogP contribution in [0.15, 0.2) is 18.7 Å². The van der Waals surface area contributed by atoms with Crippen molar-refractivity contribution in [2.75, 3.05) is 6.61 Å². The van der Waals surface area contributed by atoms with E-state index in [2.05, 4.69) is 6.58 Å². The highest BCUT2D eigenvalue weighted by molar-refractivity contribution is 5.73. The molecule has 128 valence electrons. The Bertz CT molecular complexity index is 601. The number of carbonyl (C=O) groups excluding carboxylic acids is 1. The van der Waals surface area contributed by atoms with Gasteiger partial charge in [0.05, 0.1) is 0 Å². The van der Waals surface area contributed by atoms with Crippen molar-refractivity contribution in [3.8, 4) is 17.2 Å². The van der Waals surface area contributed by atoms with Crippen molar-refractivity contribution in [1.29, 1.82) is 0 Å². The van der Waals surface area contributed by atoms with Crippen LogP contribution in [0.1, 0.15) is 59.6 Å². The van der Waals surface area contributed by atoms with E-state index in [0.717, 1.165) is 5.56 Å². The number of ether oxygens (including phenoxy) is 2. The Hall–Kier alpha value is -1.97. The summed E-state index contributed by atoms with van der Waals surface area (Å²) >= 11 is 0. The lowest BCUT2D eigenvalue weighted by Gasteiger charge is -2.31. The molecule has 0 unspecified atom stereocenters. The van der Waals surface area contributed by atoms with E-state index >= 15 is 0 Å². The van der Waals surface area contributed by atoms with Crippen LogP contribution in [-0.2, 0) is 15.6 Å². The van der Waals surface area contributed by atoms with Crippen molar-refractivity contribution in [3.63, 3.8) is 0 Å². The van der Waals surface area contributed by atoms with Gasteiger partial charge in [-0.25, -0.2) is 0 Å². The molecule has 0 aliphatic rings. The molecule has 0 saturated heterocycles. The van der Waals surface area contributed by atoms with Crippen LogP contribution in [0.25, 0.3) is 0 Å². The zero-order valence-corrected chi connectivity index (χ0v) is 15.2. The van der Waals surface area contributed by atoms with Gasteiger partial charge in [0.25, 0.3) is 0 Å². The lowest BCUT2D eigenvalue weighted by molar-refractivity contribution is -0.132. The molecule has 0 amide bonds. The molecule has 4 heteroatoms. The highest BCUT2D eigenvalue weighted by Gasteiger charge is 2.33. The Balaban J connectivity index is 3.82. The number of phenolic OH excluding ortho intramolecular Hbond substituents is 1. The lowest BCUT2D eigenvalue weighted by atomic mass is 9.78. The van der Waals surface area contributed by atoms with Crippen molar-refractivity contribution >= 4 is 5.97 Å². The Morgan fingerprint density at radius 2 is 1.74 bits per heavy atom. The predicted octanol–water partition coefficient (Wildman–Crippen LogP) is 4.48. The maximum atomic E-state index is 11.6. The molecular weight excluding hydrogens is 292 g/mol. The number of rotatable bonds is 4. The van der Waals surface area contributed by atoms with Crippen LogP contribution in [0.5, 0.6) is 17.2 Å². The Labute approximate surface area is 139 Å². The summed E-state index contributed by atoms with van der Waals surface area (Å²) < 4.78 is 11.2. The fourth-order valence-corrected chi connectivity index (χ4v) is 2.41. The SMILES string of the molecule is C=CCOc1c(O)cc(C(C)(C)C)c(OC(C)=O)c1C(C)(C)C. The van der Waals surface area contributed by atoms with E-state index in [0.29, 0.717) is 17.1 Å². The summed E-state index contributed by atoms with van der Waals surface area (Å²) in [6, 6.07) is 1.62. The van der Waals surface area contributed by atoms with E-state index < -0.39 is 5.97 Å². The minimum Gasteiger partial charge on any atom is -0.504 e. The van der Waals surface area contributed by atoms with Crippen molar-refractivity contribution in [1.82, 2.24) is 0 Å². The number of benzene rings is 1. The van der Waals surface area contributed by atoms with Gasteiger partial charge in [-0.05, 0) is 16.9 Å². The van der Waals surface area contributed by atoms with Gasteiger partial charge in [-0.1, -0.05) is 54.2 Å². The molecule has 23 heavy (non-hydrogen) atoms. The number of carbonyl (C=O) groups is 1. The minimum absolute atomic E-state index is 0.0394. The lowest BCUT2D eigenvalue weighted by Crippen LogP contribution is -2.22. The van der Waals surface area contributed by atoms with E-state index in [1.807, 2.05) is 41.5 Å². The van der Waals surface area contributed by atoms with E-state index in [-0.39, 0.29) is 23.2 Å². The fourth-order valence-electron chi connectivity index (χ4n) is 2.41. The van der Waals surface area contributed by atoms with Gasteiger partial charge in [0.2, 0.25) is 0 Å². The van der Waals surface area contributed by atoms with E-state index in [1.54, 1.807) is 12.1 Å². The second kappa shape index (κ2) is 6.65. The molecule has 1 rings (SSSR count). The summed E-state index contributed by atoms with van der Waals surface area (Å²) in [5.74, 6) is 0.440. The first-order valence-electron chi connectivity index (χ1n) is 7.72. The average Bonchev–Trinajstić information content (AvgIpc) is 2.35. The third-order valence-electron chi connectivity index (χ3n) is 3.36. The van der Waals surface area contributed by atoms with Crippen molar-refractivity contribution in [2.24, 2.45) is 0 Å². The molecule has 4 nitrogen and oxygen atoms in total. The Morgan fingerprint density at radius 3 is 2.13 bits per heavy atom. The first kappa shape index (κ1) is 19.1. The van der Waals surface area contributed by atoms with Crippen molar-refractivity contribution < 1.29 is 19.4 Å². The maximum Gasteiger partial charge on any atom is 0.308 e. The molecule has 0 spiro atoms. The van der Waals surface area contributed by atoms with Gasteiger partial charge in [-0.3, -0.25) is 4.79 Å². The largest absolute Gasteiger partial charge is 0.504 e. The van der Waals surface area contributed by atoms with Crippen LogP contribution >= 0.6 is 0 Å².